The van der Waals surface area contributed by atoms with Crippen LogP contribution in [0.15, 0.2) is 6.20 Å². The first kappa shape index (κ1) is 14.1. The van der Waals surface area contributed by atoms with Crippen LogP contribution >= 0.6 is 0 Å². The molecule has 0 saturated heterocycles. The second-order valence-electron chi connectivity index (χ2n) is 5.94. The molecule has 1 aromatic rings. The van der Waals surface area contributed by atoms with E-state index in [0.717, 1.165) is 6.54 Å². The van der Waals surface area contributed by atoms with Crippen molar-refractivity contribution in [2.75, 3.05) is 11.5 Å². The van der Waals surface area contributed by atoms with E-state index >= 15 is 0 Å². The van der Waals surface area contributed by atoms with E-state index in [9.17, 15) is 8.42 Å². The van der Waals surface area contributed by atoms with Gasteiger partial charge in [0.2, 0.25) is 0 Å². The molecule has 2 saturated carbocycles. The quantitative estimate of drug-likeness (QED) is 0.789. The highest BCUT2D eigenvalue weighted by atomic mass is 32.2. The van der Waals surface area contributed by atoms with Crippen molar-refractivity contribution in [1.82, 2.24) is 15.1 Å². The van der Waals surface area contributed by atoms with Crippen molar-refractivity contribution in [3.8, 4) is 0 Å². The fraction of sp³-hybridized carbons (Fsp3) is 0.786. The van der Waals surface area contributed by atoms with Gasteiger partial charge in [0, 0.05) is 35.5 Å². The minimum absolute atomic E-state index is 0.195. The number of aromatic nitrogens is 2. The monoisotopic (exact) mass is 297 g/mol. The normalized spacial score (nSPS) is 19.4. The Balaban J connectivity index is 1.69. The Kier molecular flexibility index (Phi) is 3.86. The molecule has 2 fully saturated rings. The fourth-order valence-electron chi connectivity index (χ4n) is 2.49. The van der Waals surface area contributed by atoms with Gasteiger partial charge in [0.1, 0.15) is 0 Å². The molecule has 3 rings (SSSR count). The molecule has 0 radical (unpaired) electrons. The third-order valence-corrected chi connectivity index (χ3v) is 5.82. The molecule has 20 heavy (non-hydrogen) atoms. The van der Waals surface area contributed by atoms with Crippen LogP contribution in [0, 0.1) is 0 Å². The lowest BCUT2D eigenvalue weighted by Crippen LogP contribution is -2.18. The molecule has 1 N–H and O–H groups in total. The van der Waals surface area contributed by atoms with Gasteiger partial charge in [0.05, 0.1) is 18.5 Å². The van der Waals surface area contributed by atoms with Gasteiger partial charge in [-0.2, -0.15) is 5.10 Å². The average Bonchev–Trinajstić information content (AvgIpc) is 3.34. The SMILES string of the molecule is CCS(=O)(=O)CCn1ncc(CNC2CC2)c1C1CC1. The summed E-state index contributed by atoms with van der Waals surface area (Å²) in [5, 5.41) is 7.95. The van der Waals surface area contributed by atoms with Crippen molar-refractivity contribution >= 4 is 9.84 Å². The molecule has 0 amide bonds. The first-order valence-corrected chi connectivity index (χ1v) is 9.39. The molecule has 0 atom stereocenters. The van der Waals surface area contributed by atoms with Crippen LogP contribution in [0.2, 0.25) is 0 Å². The van der Waals surface area contributed by atoms with Gasteiger partial charge in [-0.3, -0.25) is 4.68 Å². The largest absolute Gasteiger partial charge is 0.310 e. The Morgan fingerprint density at radius 1 is 1.35 bits per heavy atom. The van der Waals surface area contributed by atoms with Crippen LogP contribution in [0.4, 0.5) is 0 Å². The van der Waals surface area contributed by atoms with Gasteiger partial charge in [0.25, 0.3) is 0 Å². The highest BCUT2D eigenvalue weighted by Gasteiger charge is 2.31. The molecule has 0 aliphatic heterocycles. The Morgan fingerprint density at radius 3 is 2.70 bits per heavy atom. The van der Waals surface area contributed by atoms with E-state index in [1.165, 1.54) is 36.9 Å². The summed E-state index contributed by atoms with van der Waals surface area (Å²) in [5.41, 5.74) is 2.53. The van der Waals surface area contributed by atoms with Crippen LogP contribution < -0.4 is 5.32 Å². The zero-order valence-electron chi connectivity index (χ0n) is 12.0. The van der Waals surface area contributed by atoms with Crippen molar-refractivity contribution in [3.05, 3.63) is 17.5 Å². The maximum absolute atomic E-state index is 11.6. The van der Waals surface area contributed by atoms with E-state index in [1.54, 1.807) is 6.92 Å². The lowest BCUT2D eigenvalue weighted by molar-refractivity contribution is 0.573. The molecule has 1 aromatic heterocycles. The van der Waals surface area contributed by atoms with E-state index in [0.29, 0.717) is 18.5 Å². The molecule has 0 spiro atoms. The standard InChI is InChI=1S/C14H23N3O2S/c1-2-20(18,19)8-7-17-14(11-3-4-11)12(10-16-17)9-15-13-5-6-13/h10-11,13,15H,2-9H2,1H3. The number of hydrogen-bond acceptors (Lipinski definition) is 4. The summed E-state index contributed by atoms with van der Waals surface area (Å²) in [7, 11) is -2.92. The highest BCUT2D eigenvalue weighted by molar-refractivity contribution is 7.91. The molecule has 0 aromatic carbocycles. The maximum atomic E-state index is 11.6. The topological polar surface area (TPSA) is 64.0 Å². The Morgan fingerprint density at radius 2 is 2.10 bits per heavy atom. The van der Waals surface area contributed by atoms with Gasteiger partial charge in [0.15, 0.2) is 9.84 Å². The molecule has 6 heteroatoms. The second-order valence-corrected chi connectivity index (χ2v) is 8.42. The molecule has 1 heterocycles. The molecule has 2 aliphatic rings. The molecule has 112 valence electrons. The first-order valence-electron chi connectivity index (χ1n) is 7.57. The van der Waals surface area contributed by atoms with Crippen LogP contribution in [-0.2, 0) is 22.9 Å². The van der Waals surface area contributed by atoms with Crippen LogP contribution in [0.1, 0.15) is 49.8 Å². The summed E-state index contributed by atoms with van der Waals surface area (Å²) in [6.45, 7) is 3.06. The summed E-state index contributed by atoms with van der Waals surface area (Å²) in [6, 6.07) is 0.686. The van der Waals surface area contributed by atoms with Gasteiger partial charge in [-0.15, -0.1) is 0 Å². The summed E-state index contributed by atoms with van der Waals surface area (Å²) in [6.07, 6.45) is 6.90. The van der Waals surface area contributed by atoms with Gasteiger partial charge in [-0.25, -0.2) is 8.42 Å². The van der Waals surface area contributed by atoms with E-state index in [1.807, 2.05) is 10.9 Å². The van der Waals surface area contributed by atoms with E-state index in [-0.39, 0.29) is 11.5 Å². The fourth-order valence-corrected chi connectivity index (χ4v) is 3.23. The number of sulfone groups is 1. The van der Waals surface area contributed by atoms with Crippen LogP contribution in [0.5, 0.6) is 0 Å². The van der Waals surface area contributed by atoms with Crippen molar-refractivity contribution in [2.45, 2.75) is 57.7 Å². The first-order chi connectivity index (χ1) is 9.59. The van der Waals surface area contributed by atoms with Crippen molar-refractivity contribution in [1.29, 1.82) is 0 Å². The third kappa shape index (κ3) is 3.41. The Labute approximate surface area is 120 Å². The van der Waals surface area contributed by atoms with E-state index in [2.05, 4.69) is 10.4 Å². The Hall–Kier alpha value is -0.880. The summed E-state index contributed by atoms with van der Waals surface area (Å²) in [4.78, 5) is 0. The van der Waals surface area contributed by atoms with Crippen molar-refractivity contribution in [3.63, 3.8) is 0 Å². The number of nitrogens with zero attached hydrogens (tertiary/aromatic N) is 2. The minimum Gasteiger partial charge on any atom is -0.310 e. The van der Waals surface area contributed by atoms with Crippen molar-refractivity contribution in [2.24, 2.45) is 0 Å². The molecular formula is C14H23N3O2S. The van der Waals surface area contributed by atoms with Crippen LogP contribution in [0.3, 0.4) is 0 Å². The zero-order valence-corrected chi connectivity index (χ0v) is 12.8. The molecule has 0 bridgehead atoms. The lowest BCUT2D eigenvalue weighted by atomic mass is 10.1. The average molecular weight is 297 g/mol. The zero-order chi connectivity index (χ0) is 14.2. The van der Waals surface area contributed by atoms with Gasteiger partial charge < -0.3 is 5.32 Å². The van der Waals surface area contributed by atoms with Gasteiger partial charge >= 0.3 is 0 Å². The number of aryl methyl sites for hydroxylation is 1. The molecule has 2 aliphatic carbocycles. The number of nitrogens with one attached hydrogen (secondary N) is 1. The molecular weight excluding hydrogens is 274 g/mol. The minimum atomic E-state index is -2.92. The molecule has 5 nitrogen and oxygen atoms in total. The van der Waals surface area contributed by atoms with Crippen molar-refractivity contribution < 1.29 is 8.42 Å². The van der Waals surface area contributed by atoms with Crippen LogP contribution in [-0.4, -0.2) is 35.7 Å². The predicted octanol–water partition coefficient (Wildman–Crippen LogP) is 1.45. The summed E-state index contributed by atoms with van der Waals surface area (Å²) < 4.78 is 25.2. The van der Waals surface area contributed by atoms with Gasteiger partial charge in [-0.05, 0) is 25.7 Å². The lowest BCUT2D eigenvalue weighted by Gasteiger charge is -2.09. The predicted molar refractivity (Wildman–Crippen MR) is 78.4 cm³/mol. The van der Waals surface area contributed by atoms with E-state index in [4.69, 9.17) is 0 Å². The third-order valence-electron chi connectivity index (χ3n) is 4.14. The van der Waals surface area contributed by atoms with Gasteiger partial charge in [-0.1, -0.05) is 6.92 Å². The molecule has 0 unspecified atom stereocenters. The Bertz CT molecular complexity index is 571. The summed E-state index contributed by atoms with van der Waals surface area (Å²) >= 11 is 0. The smallest absolute Gasteiger partial charge is 0.151 e. The number of rotatable bonds is 8. The van der Waals surface area contributed by atoms with E-state index < -0.39 is 9.84 Å². The number of hydrogen-bond donors (Lipinski definition) is 1. The second kappa shape index (κ2) is 5.48. The summed E-state index contributed by atoms with van der Waals surface area (Å²) in [5.74, 6) is 1.00. The highest BCUT2D eigenvalue weighted by Crippen LogP contribution is 2.41. The maximum Gasteiger partial charge on any atom is 0.151 e. The van der Waals surface area contributed by atoms with Crippen LogP contribution in [0.25, 0.3) is 0 Å².